The van der Waals surface area contributed by atoms with Crippen molar-refractivity contribution in [1.82, 2.24) is 29.9 Å². The molecule has 0 spiro atoms. The lowest BCUT2D eigenvalue weighted by molar-refractivity contribution is 0.122. The van der Waals surface area contributed by atoms with E-state index in [1.807, 2.05) is 12.1 Å². The lowest BCUT2D eigenvalue weighted by Crippen LogP contribution is -2.36. The van der Waals surface area contributed by atoms with Gasteiger partial charge in [0.2, 0.25) is 11.9 Å². The zero-order valence-corrected chi connectivity index (χ0v) is 15.5. The van der Waals surface area contributed by atoms with Crippen LogP contribution in [0.4, 0.5) is 29.1 Å². The third kappa shape index (κ3) is 3.78. The number of rotatable bonds is 5. The lowest BCUT2D eigenvalue weighted by atomic mass is 10.2. The van der Waals surface area contributed by atoms with E-state index in [0.717, 1.165) is 32.0 Å². The molecule has 146 valence electrons. The van der Waals surface area contributed by atoms with Crippen LogP contribution in [0.2, 0.25) is 0 Å². The SMILES string of the molecule is c1cnc(Nc2nc3ncnc(Nc4ccc(N5CCOCC5)cc4)c3[nH]2)nc1. The zero-order valence-electron chi connectivity index (χ0n) is 15.5. The summed E-state index contributed by atoms with van der Waals surface area (Å²) in [5, 5.41) is 6.36. The minimum Gasteiger partial charge on any atom is -0.378 e. The van der Waals surface area contributed by atoms with E-state index in [2.05, 4.69) is 57.6 Å². The molecule has 1 fully saturated rings. The van der Waals surface area contributed by atoms with Crippen LogP contribution in [-0.2, 0) is 4.74 Å². The highest BCUT2D eigenvalue weighted by Gasteiger charge is 2.13. The van der Waals surface area contributed by atoms with Crippen LogP contribution in [0.1, 0.15) is 0 Å². The summed E-state index contributed by atoms with van der Waals surface area (Å²) in [6.45, 7) is 3.36. The van der Waals surface area contributed by atoms with Crippen LogP contribution in [0.3, 0.4) is 0 Å². The second kappa shape index (κ2) is 7.68. The minimum absolute atomic E-state index is 0.452. The molecule has 10 nitrogen and oxygen atoms in total. The maximum Gasteiger partial charge on any atom is 0.229 e. The number of aromatic amines is 1. The fourth-order valence-electron chi connectivity index (χ4n) is 3.17. The molecule has 0 bridgehead atoms. The number of imidazole rings is 1. The summed E-state index contributed by atoms with van der Waals surface area (Å²) in [6.07, 6.45) is 4.80. The van der Waals surface area contributed by atoms with Crippen LogP contribution >= 0.6 is 0 Å². The molecule has 5 rings (SSSR count). The molecule has 0 atom stereocenters. The maximum atomic E-state index is 5.41. The third-order valence-corrected chi connectivity index (χ3v) is 4.59. The van der Waals surface area contributed by atoms with Crippen molar-refractivity contribution in [3.8, 4) is 0 Å². The first kappa shape index (κ1) is 17.3. The van der Waals surface area contributed by atoms with Gasteiger partial charge in [0.25, 0.3) is 0 Å². The van der Waals surface area contributed by atoms with Gasteiger partial charge in [-0.05, 0) is 30.3 Å². The van der Waals surface area contributed by atoms with E-state index in [4.69, 9.17) is 4.74 Å². The molecule has 3 aromatic heterocycles. The number of morpholine rings is 1. The first-order valence-electron chi connectivity index (χ1n) is 9.30. The second-order valence-corrected chi connectivity index (χ2v) is 6.47. The van der Waals surface area contributed by atoms with Gasteiger partial charge in [-0.2, -0.15) is 4.98 Å². The Bertz CT molecular complexity index is 1090. The first-order chi connectivity index (χ1) is 14.3. The molecular formula is C19H19N9O. The van der Waals surface area contributed by atoms with Crippen molar-refractivity contribution in [2.45, 2.75) is 0 Å². The highest BCUT2D eigenvalue weighted by atomic mass is 16.5. The molecule has 4 aromatic rings. The Kier molecular flexibility index (Phi) is 4.59. The van der Waals surface area contributed by atoms with E-state index < -0.39 is 0 Å². The Labute approximate surface area is 166 Å². The molecule has 29 heavy (non-hydrogen) atoms. The largest absolute Gasteiger partial charge is 0.378 e. The maximum absolute atomic E-state index is 5.41. The van der Waals surface area contributed by atoms with E-state index in [0.29, 0.717) is 28.9 Å². The summed E-state index contributed by atoms with van der Waals surface area (Å²) in [5.41, 5.74) is 3.36. The summed E-state index contributed by atoms with van der Waals surface area (Å²) in [5.74, 6) is 1.59. The van der Waals surface area contributed by atoms with Gasteiger partial charge in [-0.1, -0.05) is 0 Å². The molecule has 3 N–H and O–H groups in total. The van der Waals surface area contributed by atoms with Crippen molar-refractivity contribution in [3.05, 3.63) is 49.1 Å². The number of hydrogen-bond acceptors (Lipinski definition) is 9. The Balaban J connectivity index is 1.36. The van der Waals surface area contributed by atoms with Gasteiger partial charge < -0.3 is 19.9 Å². The highest BCUT2D eigenvalue weighted by Crippen LogP contribution is 2.25. The normalized spacial score (nSPS) is 14.1. The van der Waals surface area contributed by atoms with Crippen molar-refractivity contribution in [3.63, 3.8) is 0 Å². The average molecular weight is 389 g/mol. The number of anilines is 5. The fourth-order valence-corrected chi connectivity index (χ4v) is 3.17. The molecule has 10 heteroatoms. The predicted molar refractivity (Wildman–Crippen MR) is 110 cm³/mol. The standard InChI is InChI=1S/C19H19N9O/c1-6-20-18(21-7-1)27-19-25-15-16(22-12-23-17(15)26-19)24-13-2-4-14(5-3-13)28-8-10-29-11-9-28/h1-7,12H,8-11H2,(H3,20,21,22,23,24,25,26,27). The number of H-pyrrole nitrogens is 1. The second-order valence-electron chi connectivity index (χ2n) is 6.47. The van der Waals surface area contributed by atoms with E-state index in [1.165, 1.54) is 12.0 Å². The molecule has 4 heterocycles. The number of aromatic nitrogens is 6. The van der Waals surface area contributed by atoms with Gasteiger partial charge in [0.15, 0.2) is 11.5 Å². The average Bonchev–Trinajstić information content (AvgIpc) is 3.19. The van der Waals surface area contributed by atoms with Crippen molar-refractivity contribution < 1.29 is 4.74 Å². The minimum atomic E-state index is 0.452. The molecule has 1 aromatic carbocycles. The Morgan fingerprint density at radius 3 is 2.52 bits per heavy atom. The van der Waals surface area contributed by atoms with Crippen LogP contribution in [-0.4, -0.2) is 56.2 Å². The van der Waals surface area contributed by atoms with Gasteiger partial charge >= 0.3 is 0 Å². The highest BCUT2D eigenvalue weighted by molar-refractivity contribution is 5.86. The van der Waals surface area contributed by atoms with Gasteiger partial charge in [0.1, 0.15) is 11.8 Å². The van der Waals surface area contributed by atoms with Gasteiger partial charge in [-0.25, -0.2) is 19.9 Å². The number of nitrogens with one attached hydrogen (secondary N) is 3. The predicted octanol–water partition coefficient (Wildman–Crippen LogP) is 2.47. The molecule has 0 amide bonds. The molecular weight excluding hydrogens is 370 g/mol. The lowest BCUT2D eigenvalue weighted by Gasteiger charge is -2.28. The van der Waals surface area contributed by atoms with Gasteiger partial charge in [0, 0.05) is 36.9 Å². The molecule has 0 unspecified atom stereocenters. The van der Waals surface area contributed by atoms with Crippen LogP contribution in [0.15, 0.2) is 49.1 Å². The summed E-state index contributed by atoms with van der Waals surface area (Å²) in [6, 6.07) is 10.0. The molecule has 1 aliphatic rings. The van der Waals surface area contributed by atoms with Crippen molar-refractivity contribution in [2.75, 3.05) is 41.8 Å². The fraction of sp³-hybridized carbons (Fsp3) is 0.211. The smallest absolute Gasteiger partial charge is 0.229 e. The topological polar surface area (TPSA) is 117 Å². The number of benzene rings is 1. The number of hydrogen-bond donors (Lipinski definition) is 3. The quantitative estimate of drug-likeness (QED) is 0.473. The van der Waals surface area contributed by atoms with E-state index >= 15 is 0 Å². The summed E-state index contributed by atoms with van der Waals surface area (Å²) >= 11 is 0. The van der Waals surface area contributed by atoms with Gasteiger partial charge in [0.05, 0.1) is 13.2 Å². The van der Waals surface area contributed by atoms with E-state index in [9.17, 15) is 0 Å². The summed E-state index contributed by atoms with van der Waals surface area (Å²) in [7, 11) is 0. The Morgan fingerprint density at radius 1 is 0.931 bits per heavy atom. The Hall–Kier alpha value is -3.79. The van der Waals surface area contributed by atoms with Crippen LogP contribution in [0, 0.1) is 0 Å². The third-order valence-electron chi connectivity index (χ3n) is 4.59. The van der Waals surface area contributed by atoms with Crippen molar-refractivity contribution in [2.24, 2.45) is 0 Å². The number of nitrogens with zero attached hydrogens (tertiary/aromatic N) is 6. The van der Waals surface area contributed by atoms with Gasteiger partial charge in [-0.15, -0.1) is 0 Å². The van der Waals surface area contributed by atoms with Crippen LogP contribution < -0.4 is 15.5 Å². The molecule has 0 radical (unpaired) electrons. The molecule has 0 saturated carbocycles. The van der Waals surface area contributed by atoms with E-state index in [-0.39, 0.29) is 0 Å². The van der Waals surface area contributed by atoms with Crippen molar-refractivity contribution in [1.29, 1.82) is 0 Å². The van der Waals surface area contributed by atoms with E-state index in [1.54, 1.807) is 18.5 Å². The van der Waals surface area contributed by atoms with Crippen molar-refractivity contribution >= 4 is 40.3 Å². The summed E-state index contributed by atoms with van der Waals surface area (Å²) in [4.78, 5) is 26.8. The number of ether oxygens (including phenoxy) is 1. The first-order valence-corrected chi connectivity index (χ1v) is 9.30. The van der Waals surface area contributed by atoms with Crippen LogP contribution in [0.25, 0.3) is 11.2 Å². The van der Waals surface area contributed by atoms with Crippen LogP contribution in [0.5, 0.6) is 0 Å². The number of fused-ring (bicyclic) bond motifs is 1. The molecule has 1 saturated heterocycles. The van der Waals surface area contributed by atoms with Gasteiger partial charge in [-0.3, -0.25) is 5.32 Å². The monoisotopic (exact) mass is 389 g/mol. The summed E-state index contributed by atoms with van der Waals surface area (Å²) < 4.78 is 5.41. The Morgan fingerprint density at radius 2 is 1.72 bits per heavy atom. The molecule has 0 aliphatic carbocycles. The molecule has 1 aliphatic heterocycles. The zero-order chi connectivity index (χ0) is 19.5.